The molecule has 1 aliphatic heterocycles. The predicted octanol–water partition coefficient (Wildman–Crippen LogP) is -0.139. The smallest absolute Gasteiger partial charge is 0.152 e. The summed E-state index contributed by atoms with van der Waals surface area (Å²) in [6, 6.07) is 0. The van der Waals surface area contributed by atoms with Gasteiger partial charge in [0.15, 0.2) is 9.84 Å². The normalized spacial score (nSPS) is 28.5. The van der Waals surface area contributed by atoms with Crippen LogP contribution in [0.4, 0.5) is 0 Å². The monoisotopic (exact) mass is 264 g/mol. The summed E-state index contributed by atoms with van der Waals surface area (Å²) in [6.45, 7) is 1.91. The van der Waals surface area contributed by atoms with E-state index in [-0.39, 0.29) is 11.3 Å². The average molecular weight is 264 g/mol. The molecule has 1 heterocycles. The van der Waals surface area contributed by atoms with Crippen molar-refractivity contribution >= 4 is 9.84 Å². The fraction of sp³-hybridized carbons (Fsp3) is 1.00. The Morgan fingerprint density at radius 3 is 2.71 bits per heavy atom. The molecule has 1 unspecified atom stereocenters. The zero-order valence-electron chi connectivity index (χ0n) is 10.8. The second kappa shape index (κ2) is 6.13. The highest BCUT2D eigenvalue weighted by Crippen LogP contribution is 2.27. The van der Waals surface area contributed by atoms with Gasteiger partial charge in [0.2, 0.25) is 0 Å². The van der Waals surface area contributed by atoms with Crippen molar-refractivity contribution in [1.29, 1.82) is 0 Å². The van der Waals surface area contributed by atoms with Crippen molar-refractivity contribution in [3.8, 4) is 0 Å². The second-order valence-electron chi connectivity index (χ2n) is 4.89. The third kappa shape index (κ3) is 3.91. The number of likely N-dealkylation sites (N-methyl/N-ethyl adjacent to an activating group) is 1. The summed E-state index contributed by atoms with van der Waals surface area (Å²) in [6.07, 6.45) is 2.48. The van der Waals surface area contributed by atoms with E-state index in [4.69, 9.17) is 10.5 Å². The maximum absolute atomic E-state index is 11.8. The van der Waals surface area contributed by atoms with E-state index in [1.165, 1.54) is 0 Å². The zero-order chi connectivity index (χ0) is 12.9. The number of sulfone groups is 1. The summed E-state index contributed by atoms with van der Waals surface area (Å²) >= 11 is 0. The van der Waals surface area contributed by atoms with Gasteiger partial charge in [0, 0.05) is 32.3 Å². The van der Waals surface area contributed by atoms with E-state index in [1.807, 2.05) is 7.05 Å². The third-order valence-electron chi connectivity index (χ3n) is 3.62. The summed E-state index contributed by atoms with van der Waals surface area (Å²) in [7, 11) is 0.701. The van der Waals surface area contributed by atoms with Crippen LogP contribution < -0.4 is 5.73 Å². The first-order valence-corrected chi connectivity index (χ1v) is 7.88. The minimum Gasteiger partial charge on any atom is -0.385 e. The van der Waals surface area contributed by atoms with Crippen molar-refractivity contribution in [3.63, 3.8) is 0 Å². The van der Waals surface area contributed by atoms with Gasteiger partial charge in [-0.1, -0.05) is 0 Å². The lowest BCUT2D eigenvalue weighted by atomic mass is 9.93. The lowest BCUT2D eigenvalue weighted by molar-refractivity contribution is 0.111. The van der Waals surface area contributed by atoms with Gasteiger partial charge in [0.25, 0.3) is 0 Å². The fourth-order valence-corrected chi connectivity index (χ4v) is 4.51. The van der Waals surface area contributed by atoms with Crippen molar-refractivity contribution in [1.82, 2.24) is 4.90 Å². The van der Waals surface area contributed by atoms with Crippen LogP contribution in [0.25, 0.3) is 0 Å². The van der Waals surface area contributed by atoms with Gasteiger partial charge in [-0.3, -0.25) is 4.90 Å². The average Bonchev–Trinajstić information content (AvgIpc) is 2.27. The molecule has 2 N–H and O–H groups in total. The van der Waals surface area contributed by atoms with Crippen molar-refractivity contribution in [2.24, 2.45) is 5.73 Å². The molecule has 1 atom stereocenters. The van der Waals surface area contributed by atoms with Crippen LogP contribution in [0.2, 0.25) is 0 Å². The molecule has 5 nitrogen and oxygen atoms in total. The largest absolute Gasteiger partial charge is 0.385 e. The Kier molecular flexibility index (Phi) is 5.37. The van der Waals surface area contributed by atoms with Gasteiger partial charge in [-0.25, -0.2) is 8.42 Å². The standard InChI is InChI=1S/C11H24N2O3S/c1-13(6-4-7-16-2)11(9-12)5-3-8-17(14,15)10-11/h3-10,12H2,1-2H3. The number of hydrogen-bond acceptors (Lipinski definition) is 5. The minimum absolute atomic E-state index is 0.194. The zero-order valence-corrected chi connectivity index (χ0v) is 11.6. The quantitative estimate of drug-likeness (QED) is 0.676. The Bertz CT molecular complexity index is 332. The van der Waals surface area contributed by atoms with Crippen LogP contribution in [0, 0.1) is 0 Å². The van der Waals surface area contributed by atoms with Gasteiger partial charge < -0.3 is 10.5 Å². The van der Waals surface area contributed by atoms with Crippen molar-refractivity contribution in [3.05, 3.63) is 0 Å². The number of rotatable bonds is 6. The van der Waals surface area contributed by atoms with E-state index in [2.05, 4.69) is 4.90 Å². The molecule has 102 valence electrons. The number of nitrogens with two attached hydrogens (primary N) is 1. The molecule has 0 aromatic heterocycles. The summed E-state index contributed by atoms with van der Waals surface area (Å²) in [5, 5.41) is 0. The first-order valence-electron chi connectivity index (χ1n) is 6.06. The van der Waals surface area contributed by atoms with Crippen LogP contribution in [-0.4, -0.2) is 64.2 Å². The second-order valence-corrected chi connectivity index (χ2v) is 7.08. The summed E-state index contributed by atoms with van der Waals surface area (Å²) in [5.74, 6) is 0.501. The van der Waals surface area contributed by atoms with E-state index in [0.29, 0.717) is 25.3 Å². The molecule has 0 aliphatic carbocycles. The topological polar surface area (TPSA) is 72.6 Å². The Morgan fingerprint density at radius 2 is 2.18 bits per heavy atom. The number of ether oxygens (including phenoxy) is 1. The first-order chi connectivity index (χ1) is 7.96. The lowest BCUT2D eigenvalue weighted by Crippen LogP contribution is -2.59. The van der Waals surface area contributed by atoms with Crippen LogP contribution in [0.1, 0.15) is 19.3 Å². The highest BCUT2D eigenvalue weighted by atomic mass is 32.2. The van der Waals surface area contributed by atoms with Crippen LogP contribution in [0.3, 0.4) is 0 Å². The molecule has 1 fully saturated rings. The summed E-state index contributed by atoms with van der Waals surface area (Å²) < 4.78 is 28.5. The van der Waals surface area contributed by atoms with Crippen LogP contribution in [0.15, 0.2) is 0 Å². The SMILES string of the molecule is COCCCN(C)C1(CN)CCCS(=O)(=O)C1. The third-order valence-corrected chi connectivity index (χ3v) is 5.51. The molecular weight excluding hydrogens is 240 g/mol. The van der Waals surface area contributed by atoms with Gasteiger partial charge in [0.1, 0.15) is 0 Å². The molecule has 6 heteroatoms. The van der Waals surface area contributed by atoms with Gasteiger partial charge in [-0.05, 0) is 26.3 Å². The molecule has 17 heavy (non-hydrogen) atoms. The van der Waals surface area contributed by atoms with Crippen LogP contribution >= 0.6 is 0 Å². The van der Waals surface area contributed by atoms with E-state index < -0.39 is 9.84 Å². The minimum atomic E-state index is -2.93. The molecule has 0 bridgehead atoms. The summed E-state index contributed by atoms with van der Waals surface area (Å²) in [4.78, 5) is 2.10. The summed E-state index contributed by atoms with van der Waals surface area (Å²) in [5.41, 5.74) is 5.46. The Hall–Kier alpha value is -0.170. The lowest BCUT2D eigenvalue weighted by Gasteiger charge is -2.43. The van der Waals surface area contributed by atoms with E-state index in [9.17, 15) is 8.42 Å². The van der Waals surface area contributed by atoms with E-state index in [1.54, 1.807) is 7.11 Å². The van der Waals surface area contributed by atoms with Crippen molar-refractivity contribution < 1.29 is 13.2 Å². The maximum Gasteiger partial charge on any atom is 0.152 e. The van der Waals surface area contributed by atoms with E-state index >= 15 is 0 Å². The van der Waals surface area contributed by atoms with E-state index in [0.717, 1.165) is 19.4 Å². The number of nitrogens with zero attached hydrogens (tertiary/aromatic N) is 1. The molecule has 1 rings (SSSR count). The molecule has 0 amide bonds. The predicted molar refractivity (Wildman–Crippen MR) is 68.8 cm³/mol. The fourth-order valence-electron chi connectivity index (χ4n) is 2.48. The molecule has 0 saturated carbocycles. The van der Waals surface area contributed by atoms with Crippen molar-refractivity contribution in [2.75, 3.05) is 45.4 Å². The Balaban J connectivity index is 2.67. The Morgan fingerprint density at radius 1 is 1.47 bits per heavy atom. The Labute approximate surface area is 104 Å². The molecule has 0 aromatic rings. The highest BCUT2D eigenvalue weighted by molar-refractivity contribution is 7.91. The molecular formula is C11H24N2O3S. The van der Waals surface area contributed by atoms with Gasteiger partial charge >= 0.3 is 0 Å². The molecule has 0 aromatic carbocycles. The van der Waals surface area contributed by atoms with Crippen LogP contribution in [0.5, 0.6) is 0 Å². The number of methoxy groups -OCH3 is 1. The molecule has 0 spiro atoms. The van der Waals surface area contributed by atoms with Crippen LogP contribution in [-0.2, 0) is 14.6 Å². The number of hydrogen-bond donors (Lipinski definition) is 1. The molecule has 1 saturated heterocycles. The highest BCUT2D eigenvalue weighted by Gasteiger charge is 2.40. The first kappa shape index (κ1) is 14.9. The molecule has 1 aliphatic rings. The van der Waals surface area contributed by atoms with Gasteiger partial charge in [-0.15, -0.1) is 0 Å². The van der Waals surface area contributed by atoms with Crippen molar-refractivity contribution in [2.45, 2.75) is 24.8 Å². The maximum atomic E-state index is 11.8. The van der Waals surface area contributed by atoms with Gasteiger partial charge in [-0.2, -0.15) is 0 Å². The van der Waals surface area contributed by atoms with Gasteiger partial charge in [0.05, 0.1) is 11.5 Å². The molecule has 0 radical (unpaired) electrons.